The fourth-order valence-corrected chi connectivity index (χ4v) is 2.60. The molecule has 0 bridgehead atoms. The Morgan fingerprint density at radius 3 is 2.72 bits per heavy atom. The molecule has 0 unspecified atom stereocenters. The molecule has 0 saturated carbocycles. The van der Waals surface area contributed by atoms with E-state index in [0.717, 1.165) is 0 Å². The molecular weight excluding hydrogens is 323 g/mol. The molecule has 0 N–H and O–H groups in total. The van der Waals surface area contributed by atoms with Crippen LogP contribution in [0.2, 0.25) is 0 Å². The van der Waals surface area contributed by atoms with Crippen molar-refractivity contribution in [2.45, 2.75) is 13.5 Å². The van der Waals surface area contributed by atoms with E-state index in [9.17, 15) is 19.1 Å². The Bertz CT molecular complexity index is 1050. The van der Waals surface area contributed by atoms with E-state index in [0.29, 0.717) is 23.1 Å². The number of aromatic carboxylic acids is 1. The summed E-state index contributed by atoms with van der Waals surface area (Å²) in [6.45, 7) is 2.22. The van der Waals surface area contributed by atoms with E-state index in [-0.39, 0.29) is 22.6 Å². The smallest absolute Gasteiger partial charge is 0.276 e. The minimum Gasteiger partial charge on any atom is -0.545 e. The van der Waals surface area contributed by atoms with E-state index in [1.165, 1.54) is 34.9 Å². The SMILES string of the molecule is CCn1c(=O)c(/C=C/c2cccc(F)c2)nc2cc(C(=O)[O-])ccc21. The molecule has 0 aliphatic carbocycles. The van der Waals surface area contributed by atoms with E-state index in [2.05, 4.69) is 4.98 Å². The number of fused-ring (bicyclic) bond motifs is 1. The summed E-state index contributed by atoms with van der Waals surface area (Å²) in [5.74, 6) is -1.69. The first kappa shape index (κ1) is 16.6. The topological polar surface area (TPSA) is 75.0 Å². The van der Waals surface area contributed by atoms with Crippen molar-refractivity contribution in [1.29, 1.82) is 0 Å². The Morgan fingerprint density at radius 1 is 1.24 bits per heavy atom. The minimum atomic E-state index is -1.31. The molecule has 3 rings (SSSR count). The average Bonchev–Trinajstić information content (AvgIpc) is 2.59. The molecule has 0 saturated heterocycles. The van der Waals surface area contributed by atoms with Crippen molar-refractivity contribution in [2.75, 3.05) is 0 Å². The lowest BCUT2D eigenvalue weighted by Gasteiger charge is -2.10. The molecule has 0 spiro atoms. The van der Waals surface area contributed by atoms with Crippen molar-refractivity contribution in [3.8, 4) is 0 Å². The van der Waals surface area contributed by atoms with Crippen molar-refractivity contribution >= 4 is 29.2 Å². The number of carbonyl (C=O) groups is 1. The van der Waals surface area contributed by atoms with Gasteiger partial charge in [0.05, 0.1) is 17.0 Å². The van der Waals surface area contributed by atoms with Crippen LogP contribution in [0.15, 0.2) is 47.3 Å². The number of aromatic nitrogens is 2. The number of rotatable bonds is 4. The maximum absolute atomic E-state index is 13.2. The molecule has 126 valence electrons. The molecule has 0 fully saturated rings. The second-order valence-electron chi connectivity index (χ2n) is 5.43. The third-order valence-electron chi connectivity index (χ3n) is 3.81. The predicted molar refractivity (Wildman–Crippen MR) is 91.3 cm³/mol. The van der Waals surface area contributed by atoms with Gasteiger partial charge in [-0.1, -0.05) is 24.3 Å². The lowest BCUT2D eigenvalue weighted by molar-refractivity contribution is -0.255. The van der Waals surface area contributed by atoms with Crippen LogP contribution < -0.4 is 10.7 Å². The van der Waals surface area contributed by atoms with E-state index in [1.54, 1.807) is 24.3 Å². The summed E-state index contributed by atoms with van der Waals surface area (Å²) < 4.78 is 14.7. The molecular formula is C19H14FN2O3-. The molecule has 25 heavy (non-hydrogen) atoms. The first-order valence-electron chi connectivity index (χ1n) is 7.69. The molecule has 3 aromatic rings. The van der Waals surface area contributed by atoms with Crippen LogP contribution in [0.5, 0.6) is 0 Å². The zero-order valence-corrected chi connectivity index (χ0v) is 13.4. The van der Waals surface area contributed by atoms with Crippen LogP contribution in [0.1, 0.15) is 28.5 Å². The van der Waals surface area contributed by atoms with E-state index in [4.69, 9.17) is 0 Å². The van der Waals surface area contributed by atoms with Crippen LogP contribution in [-0.2, 0) is 6.54 Å². The quantitative estimate of drug-likeness (QED) is 0.730. The number of halogens is 1. The zero-order valence-electron chi connectivity index (χ0n) is 13.4. The first-order valence-corrected chi connectivity index (χ1v) is 7.69. The number of carboxylic acids is 1. The van der Waals surface area contributed by atoms with Gasteiger partial charge in [-0.3, -0.25) is 4.79 Å². The van der Waals surface area contributed by atoms with Gasteiger partial charge in [-0.2, -0.15) is 0 Å². The molecule has 2 aromatic carbocycles. The predicted octanol–water partition coefficient (Wildman–Crippen LogP) is 2.09. The zero-order chi connectivity index (χ0) is 18.0. The molecule has 0 aliphatic heterocycles. The number of hydrogen-bond donors (Lipinski definition) is 0. The van der Waals surface area contributed by atoms with Crippen molar-refractivity contribution in [1.82, 2.24) is 9.55 Å². The van der Waals surface area contributed by atoms with Gasteiger partial charge in [-0.15, -0.1) is 0 Å². The average molecular weight is 337 g/mol. The normalized spacial score (nSPS) is 11.3. The van der Waals surface area contributed by atoms with Gasteiger partial charge in [0.2, 0.25) is 0 Å². The van der Waals surface area contributed by atoms with Gasteiger partial charge in [0.25, 0.3) is 5.56 Å². The lowest BCUT2D eigenvalue weighted by atomic mass is 10.1. The Hall–Kier alpha value is -3.28. The summed E-state index contributed by atoms with van der Waals surface area (Å²) >= 11 is 0. The number of carbonyl (C=O) groups excluding carboxylic acids is 1. The summed E-state index contributed by atoms with van der Waals surface area (Å²) in [5.41, 5.74) is 1.34. The highest BCUT2D eigenvalue weighted by atomic mass is 19.1. The summed E-state index contributed by atoms with van der Waals surface area (Å²) in [6, 6.07) is 10.2. The molecule has 5 nitrogen and oxygen atoms in total. The van der Waals surface area contributed by atoms with Gasteiger partial charge in [0.1, 0.15) is 11.5 Å². The van der Waals surface area contributed by atoms with Crippen molar-refractivity contribution in [3.63, 3.8) is 0 Å². The van der Waals surface area contributed by atoms with E-state index >= 15 is 0 Å². The number of hydrogen-bond acceptors (Lipinski definition) is 4. The Kier molecular flexibility index (Phi) is 4.43. The Balaban J connectivity index is 2.15. The second-order valence-corrected chi connectivity index (χ2v) is 5.43. The second kappa shape index (κ2) is 6.68. The van der Waals surface area contributed by atoms with Crippen LogP contribution >= 0.6 is 0 Å². The summed E-state index contributed by atoms with van der Waals surface area (Å²) in [6.07, 6.45) is 3.08. The van der Waals surface area contributed by atoms with Gasteiger partial charge in [-0.25, -0.2) is 9.37 Å². The molecule has 0 amide bonds. The highest BCUT2D eigenvalue weighted by molar-refractivity contribution is 5.91. The van der Waals surface area contributed by atoms with Crippen LogP contribution in [0, 0.1) is 5.82 Å². The van der Waals surface area contributed by atoms with E-state index in [1.807, 2.05) is 6.92 Å². The number of aryl methyl sites for hydroxylation is 1. The van der Waals surface area contributed by atoms with Crippen LogP contribution in [-0.4, -0.2) is 15.5 Å². The Morgan fingerprint density at radius 2 is 2.04 bits per heavy atom. The van der Waals surface area contributed by atoms with Crippen molar-refractivity contribution in [2.24, 2.45) is 0 Å². The molecule has 0 atom stereocenters. The molecule has 1 aromatic heterocycles. The number of nitrogens with zero attached hydrogens (tertiary/aromatic N) is 2. The van der Waals surface area contributed by atoms with Crippen molar-refractivity contribution < 1.29 is 14.3 Å². The standard InChI is InChI=1S/C19H15FN2O3/c1-2-22-17-9-7-13(19(24)25)11-16(17)21-15(18(22)23)8-6-12-4-3-5-14(20)10-12/h3-11H,2H2,1H3,(H,24,25)/p-1/b8-6+. The fraction of sp³-hybridized carbons (Fsp3) is 0.105. The lowest BCUT2D eigenvalue weighted by Crippen LogP contribution is -2.25. The molecule has 6 heteroatoms. The van der Waals surface area contributed by atoms with Gasteiger partial charge >= 0.3 is 0 Å². The first-order chi connectivity index (χ1) is 12.0. The fourth-order valence-electron chi connectivity index (χ4n) is 2.60. The number of carboxylic acid groups (broad SMARTS) is 1. The van der Waals surface area contributed by atoms with E-state index < -0.39 is 5.97 Å². The summed E-state index contributed by atoms with van der Waals surface area (Å²) in [4.78, 5) is 27.9. The Labute approximate surface area is 142 Å². The third kappa shape index (κ3) is 3.33. The van der Waals surface area contributed by atoms with Crippen molar-refractivity contribution in [3.05, 3.63) is 75.5 Å². The van der Waals surface area contributed by atoms with Gasteiger partial charge in [0.15, 0.2) is 0 Å². The summed E-state index contributed by atoms with van der Waals surface area (Å²) in [5, 5.41) is 11.0. The molecule has 0 aliphatic rings. The van der Waals surface area contributed by atoms with Crippen LogP contribution in [0.25, 0.3) is 23.2 Å². The van der Waals surface area contributed by atoms with Gasteiger partial charge in [-0.05, 0) is 48.4 Å². The van der Waals surface area contributed by atoms with Gasteiger partial charge in [0, 0.05) is 6.54 Å². The monoisotopic (exact) mass is 337 g/mol. The van der Waals surface area contributed by atoms with Crippen LogP contribution in [0.3, 0.4) is 0 Å². The third-order valence-corrected chi connectivity index (χ3v) is 3.81. The molecule has 1 heterocycles. The largest absolute Gasteiger partial charge is 0.545 e. The summed E-state index contributed by atoms with van der Waals surface area (Å²) in [7, 11) is 0. The number of benzene rings is 2. The van der Waals surface area contributed by atoms with Crippen LogP contribution in [0.4, 0.5) is 4.39 Å². The molecule has 0 radical (unpaired) electrons. The maximum atomic E-state index is 13.2. The highest BCUT2D eigenvalue weighted by Crippen LogP contribution is 2.14. The van der Waals surface area contributed by atoms with Gasteiger partial charge < -0.3 is 14.5 Å². The highest BCUT2D eigenvalue weighted by Gasteiger charge is 2.09. The maximum Gasteiger partial charge on any atom is 0.276 e. The minimum absolute atomic E-state index is 0.0126.